The van der Waals surface area contributed by atoms with Crippen LogP contribution < -0.4 is 0 Å². The molecule has 1 aliphatic rings. The first-order chi connectivity index (χ1) is 7.00. The Bertz CT molecular complexity index is 367. The minimum absolute atomic E-state index is 0.333. The summed E-state index contributed by atoms with van der Waals surface area (Å²) in [5.41, 5.74) is 0.588. The first kappa shape index (κ1) is 10.5. The van der Waals surface area contributed by atoms with Gasteiger partial charge in [0.1, 0.15) is 5.69 Å². The number of hydrogen-bond donors (Lipinski definition) is 0. The van der Waals surface area contributed by atoms with Crippen LogP contribution in [0.2, 0.25) is 0 Å². The van der Waals surface area contributed by atoms with E-state index in [0.717, 1.165) is 18.4 Å². The van der Waals surface area contributed by atoms with Crippen LogP contribution in [0.15, 0.2) is 12.1 Å². The van der Waals surface area contributed by atoms with Crippen molar-refractivity contribution in [1.82, 2.24) is 4.98 Å². The zero-order valence-electron chi connectivity index (χ0n) is 8.43. The van der Waals surface area contributed by atoms with Crippen molar-refractivity contribution < 1.29 is 13.2 Å². The topological polar surface area (TPSA) is 12.9 Å². The third kappa shape index (κ3) is 2.30. The highest BCUT2D eigenvalue weighted by atomic mass is 19.4. The van der Waals surface area contributed by atoms with E-state index in [1.165, 1.54) is 6.07 Å². The van der Waals surface area contributed by atoms with Crippen molar-refractivity contribution >= 4 is 0 Å². The second kappa shape index (κ2) is 3.51. The number of nitrogens with zero attached hydrogens (tertiary/aromatic N) is 1. The van der Waals surface area contributed by atoms with E-state index in [0.29, 0.717) is 18.0 Å². The third-order valence-corrected chi connectivity index (χ3v) is 2.60. The maximum absolute atomic E-state index is 12.5. The van der Waals surface area contributed by atoms with Crippen LogP contribution >= 0.6 is 0 Å². The summed E-state index contributed by atoms with van der Waals surface area (Å²) in [5.74, 6) is 0.333. The molecule has 0 saturated heterocycles. The molecule has 1 aromatic heterocycles. The van der Waals surface area contributed by atoms with Gasteiger partial charge in [-0.25, -0.2) is 4.98 Å². The lowest BCUT2D eigenvalue weighted by atomic mass is 10.1. The summed E-state index contributed by atoms with van der Waals surface area (Å²) in [6.45, 7) is 1.82. The lowest BCUT2D eigenvalue weighted by molar-refractivity contribution is -0.141. The molecule has 0 atom stereocenters. The Morgan fingerprint density at radius 2 is 2.00 bits per heavy atom. The standard InChI is InChI=1S/C11H12F3N/c1-2-9-5-8(7-3-4-7)6-10(15-9)11(12,13)14/h5-7H,2-4H2,1H3. The molecule has 0 spiro atoms. The molecule has 2 rings (SSSR count). The summed E-state index contributed by atoms with van der Waals surface area (Å²) < 4.78 is 37.5. The van der Waals surface area contributed by atoms with Crippen molar-refractivity contribution in [2.24, 2.45) is 0 Å². The Balaban J connectivity index is 2.41. The van der Waals surface area contributed by atoms with Gasteiger partial charge in [-0.2, -0.15) is 13.2 Å². The molecule has 1 saturated carbocycles. The highest BCUT2D eigenvalue weighted by Crippen LogP contribution is 2.41. The van der Waals surface area contributed by atoms with E-state index in [1.807, 2.05) is 6.92 Å². The molecule has 1 nitrogen and oxygen atoms in total. The van der Waals surface area contributed by atoms with E-state index in [2.05, 4.69) is 4.98 Å². The van der Waals surface area contributed by atoms with Crippen molar-refractivity contribution in [3.63, 3.8) is 0 Å². The van der Waals surface area contributed by atoms with Crippen LogP contribution in [-0.4, -0.2) is 4.98 Å². The molecule has 0 aliphatic heterocycles. The van der Waals surface area contributed by atoms with Crippen LogP contribution in [0, 0.1) is 0 Å². The van der Waals surface area contributed by atoms with E-state index in [4.69, 9.17) is 0 Å². The number of pyridine rings is 1. The van der Waals surface area contributed by atoms with Gasteiger partial charge in [0.05, 0.1) is 0 Å². The smallest absolute Gasteiger partial charge is 0.248 e. The number of rotatable bonds is 2. The van der Waals surface area contributed by atoms with Crippen LogP contribution in [0.4, 0.5) is 13.2 Å². The average Bonchev–Trinajstić information content (AvgIpc) is 2.99. The zero-order valence-corrected chi connectivity index (χ0v) is 8.43. The molecule has 0 N–H and O–H groups in total. The second-order valence-electron chi connectivity index (χ2n) is 3.90. The molecule has 1 heterocycles. The minimum atomic E-state index is -4.32. The van der Waals surface area contributed by atoms with E-state index < -0.39 is 11.9 Å². The van der Waals surface area contributed by atoms with E-state index in [1.54, 1.807) is 6.07 Å². The molecular formula is C11H12F3N. The van der Waals surface area contributed by atoms with Crippen molar-refractivity contribution in [2.45, 2.75) is 38.3 Å². The largest absolute Gasteiger partial charge is 0.433 e. The summed E-state index contributed by atoms with van der Waals surface area (Å²) in [6, 6.07) is 2.99. The lowest BCUT2D eigenvalue weighted by Crippen LogP contribution is -2.10. The van der Waals surface area contributed by atoms with Gasteiger partial charge >= 0.3 is 6.18 Å². The highest BCUT2D eigenvalue weighted by Gasteiger charge is 2.34. The van der Waals surface area contributed by atoms with Crippen molar-refractivity contribution in [1.29, 1.82) is 0 Å². The average molecular weight is 215 g/mol. The summed E-state index contributed by atoms with van der Waals surface area (Å²) in [6.07, 6.45) is -1.77. The Hall–Kier alpha value is -1.06. The molecule has 1 aromatic rings. The number of alkyl halides is 3. The van der Waals surface area contributed by atoms with E-state index in [-0.39, 0.29) is 0 Å². The number of aromatic nitrogens is 1. The Morgan fingerprint density at radius 1 is 1.33 bits per heavy atom. The predicted octanol–water partition coefficient (Wildman–Crippen LogP) is 3.54. The van der Waals surface area contributed by atoms with Gasteiger partial charge in [-0.15, -0.1) is 0 Å². The Labute approximate surface area is 86.3 Å². The molecule has 0 aromatic carbocycles. The maximum Gasteiger partial charge on any atom is 0.433 e. The van der Waals surface area contributed by atoms with Crippen LogP contribution in [0.5, 0.6) is 0 Å². The minimum Gasteiger partial charge on any atom is -0.248 e. The fourth-order valence-corrected chi connectivity index (χ4v) is 1.59. The number of aryl methyl sites for hydroxylation is 1. The Morgan fingerprint density at radius 3 is 2.47 bits per heavy atom. The number of hydrogen-bond acceptors (Lipinski definition) is 1. The summed E-state index contributed by atoms with van der Waals surface area (Å²) in [4.78, 5) is 3.61. The molecule has 82 valence electrons. The van der Waals surface area contributed by atoms with E-state index >= 15 is 0 Å². The summed E-state index contributed by atoms with van der Waals surface area (Å²) in [5, 5.41) is 0. The van der Waals surface area contributed by atoms with Gasteiger partial charge in [-0.3, -0.25) is 0 Å². The lowest BCUT2D eigenvalue weighted by Gasteiger charge is -2.09. The maximum atomic E-state index is 12.5. The van der Waals surface area contributed by atoms with Crippen molar-refractivity contribution in [3.8, 4) is 0 Å². The fraction of sp³-hybridized carbons (Fsp3) is 0.545. The molecule has 15 heavy (non-hydrogen) atoms. The molecule has 0 unspecified atom stereocenters. The molecule has 1 aliphatic carbocycles. The first-order valence-corrected chi connectivity index (χ1v) is 5.08. The normalized spacial score (nSPS) is 16.8. The summed E-state index contributed by atoms with van der Waals surface area (Å²) in [7, 11) is 0. The van der Waals surface area contributed by atoms with Crippen LogP contribution in [0.25, 0.3) is 0 Å². The van der Waals surface area contributed by atoms with Crippen LogP contribution in [-0.2, 0) is 12.6 Å². The van der Waals surface area contributed by atoms with Crippen molar-refractivity contribution in [2.75, 3.05) is 0 Å². The fourth-order valence-electron chi connectivity index (χ4n) is 1.59. The summed E-state index contributed by atoms with van der Waals surface area (Å²) >= 11 is 0. The van der Waals surface area contributed by atoms with Gasteiger partial charge in [0.2, 0.25) is 0 Å². The quantitative estimate of drug-likeness (QED) is 0.735. The SMILES string of the molecule is CCc1cc(C2CC2)cc(C(F)(F)F)n1. The monoisotopic (exact) mass is 215 g/mol. The zero-order chi connectivity index (χ0) is 11.1. The van der Waals surface area contributed by atoms with Gasteiger partial charge in [0.25, 0.3) is 0 Å². The molecule has 4 heteroatoms. The molecule has 1 fully saturated rings. The van der Waals surface area contributed by atoms with Crippen LogP contribution in [0.1, 0.15) is 42.6 Å². The van der Waals surface area contributed by atoms with Crippen molar-refractivity contribution in [3.05, 3.63) is 29.1 Å². The first-order valence-electron chi connectivity index (χ1n) is 5.08. The molecular weight excluding hydrogens is 203 g/mol. The number of halogens is 3. The molecule has 0 amide bonds. The Kier molecular flexibility index (Phi) is 2.44. The molecule has 0 bridgehead atoms. The van der Waals surface area contributed by atoms with Crippen LogP contribution in [0.3, 0.4) is 0 Å². The van der Waals surface area contributed by atoms with Gasteiger partial charge in [0, 0.05) is 5.69 Å². The highest BCUT2D eigenvalue weighted by molar-refractivity contribution is 5.29. The second-order valence-corrected chi connectivity index (χ2v) is 3.90. The molecule has 0 radical (unpaired) electrons. The van der Waals surface area contributed by atoms with E-state index in [9.17, 15) is 13.2 Å². The van der Waals surface area contributed by atoms with Gasteiger partial charge in [-0.05, 0) is 42.9 Å². The van der Waals surface area contributed by atoms with Gasteiger partial charge in [-0.1, -0.05) is 6.92 Å². The predicted molar refractivity (Wildman–Crippen MR) is 50.6 cm³/mol. The van der Waals surface area contributed by atoms with Gasteiger partial charge < -0.3 is 0 Å². The van der Waals surface area contributed by atoms with Gasteiger partial charge in [0.15, 0.2) is 0 Å². The third-order valence-electron chi connectivity index (χ3n) is 2.60.